The van der Waals surface area contributed by atoms with Crippen molar-refractivity contribution in [3.63, 3.8) is 0 Å². The third-order valence-electron chi connectivity index (χ3n) is 8.85. The molecule has 11 heteroatoms. The number of likely N-dealkylation sites (N-methyl/N-ethyl adjacent to an activating group) is 1. The Labute approximate surface area is 278 Å². The normalized spacial score (nSPS) is 17.9. The first-order chi connectivity index (χ1) is 22.4. The monoisotopic (exact) mass is 649 g/mol. The zero-order chi connectivity index (χ0) is 34.0. The average Bonchev–Trinajstić information content (AvgIpc) is 3.05. The highest BCUT2D eigenvalue weighted by molar-refractivity contribution is 5.97. The van der Waals surface area contributed by atoms with Crippen LogP contribution < -0.4 is 16.0 Å². The Morgan fingerprint density at radius 3 is 2.11 bits per heavy atom. The van der Waals surface area contributed by atoms with E-state index in [4.69, 9.17) is 9.47 Å². The molecule has 256 valence electrons. The molecule has 0 radical (unpaired) electrons. The molecule has 1 heterocycles. The van der Waals surface area contributed by atoms with Crippen molar-refractivity contribution in [2.75, 3.05) is 38.5 Å². The molecule has 0 bridgehead atoms. The Bertz CT molecular complexity index is 1330. The predicted octanol–water partition coefficient (Wildman–Crippen LogP) is 5.27. The molecule has 47 heavy (non-hydrogen) atoms. The number of alkyl carbamates (subject to hydrolysis) is 2. The molecule has 3 N–H and O–H groups in total. The number of carbonyl (C=O) groups excluding carboxylic acids is 4. The second kappa shape index (κ2) is 16.6. The number of nitrogens with zero attached hydrogens (tertiary/aromatic N) is 2. The third-order valence-corrected chi connectivity index (χ3v) is 8.85. The zero-order valence-corrected chi connectivity index (χ0v) is 28.4. The van der Waals surface area contributed by atoms with Crippen LogP contribution in [0.25, 0.3) is 0 Å². The number of piperazine rings is 1. The summed E-state index contributed by atoms with van der Waals surface area (Å²) in [6.45, 7) is 10.0. The summed E-state index contributed by atoms with van der Waals surface area (Å²) in [5.41, 5.74) is 1.54. The highest BCUT2D eigenvalue weighted by Gasteiger charge is 2.35. The molecule has 1 aliphatic heterocycles. The van der Waals surface area contributed by atoms with Gasteiger partial charge >= 0.3 is 12.2 Å². The van der Waals surface area contributed by atoms with E-state index in [2.05, 4.69) is 20.9 Å². The molecule has 1 saturated carbocycles. The van der Waals surface area contributed by atoms with E-state index >= 15 is 0 Å². The molecule has 0 aromatic heterocycles. The van der Waals surface area contributed by atoms with Gasteiger partial charge in [-0.2, -0.15) is 0 Å². The lowest BCUT2D eigenvalue weighted by atomic mass is 9.83. The maximum atomic E-state index is 13.7. The Balaban J connectivity index is 1.44. The second-order valence-electron chi connectivity index (χ2n) is 13.7. The topological polar surface area (TPSA) is 129 Å². The van der Waals surface area contributed by atoms with E-state index < -0.39 is 29.9 Å². The fraction of sp³-hybridized carbons (Fsp3) is 0.556. The molecule has 0 unspecified atom stereocenters. The quantitative estimate of drug-likeness (QED) is 0.320. The van der Waals surface area contributed by atoms with E-state index in [1.165, 1.54) is 0 Å². The van der Waals surface area contributed by atoms with E-state index in [1.807, 2.05) is 56.4 Å². The minimum atomic E-state index is -0.838. The Kier molecular flexibility index (Phi) is 12.6. The van der Waals surface area contributed by atoms with Gasteiger partial charge in [-0.1, -0.05) is 68.7 Å². The number of anilines is 1. The van der Waals surface area contributed by atoms with Crippen molar-refractivity contribution in [1.29, 1.82) is 0 Å². The number of rotatable bonds is 10. The maximum Gasteiger partial charge on any atom is 0.408 e. The van der Waals surface area contributed by atoms with Gasteiger partial charge in [0.05, 0.1) is 0 Å². The zero-order valence-electron chi connectivity index (χ0n) is 28.4. The van der Waals surface area contributed by atoms with E-state index in [-0.39, 0.29) is 30.3 Å². The van der Waals surface area contributed by atoms with Crippen LogP contribution in [0.2, 0.25) is 0 Å². The van der Waals surface area contributed by atoms with Gasteiger partial charge in [0.2, 0.25) is 11.8 Å². The molecule has 4 rings (SSSR count). The van der Waals surface area contributed by atoms with Crippen LogP contribution in [0.3, 0.4) is 0 Å². The van der Waals surface area contributed by atoms with Crippen molar-refractivity contribution >= 4 is 29.7 Å². The van der Waals surface area contributed by atoms with Crippen molar-refractivity contribution in [1.82, 2.24) is 20.4 Å². The first-order valence-electron chi connectivity index (χ1n) is 16.7. The van der Waals surface area contributed by atoms with E-state index in [0.717, 1.165) is 56.3 Å². The molecule has 2 aliphatic rings. The van der Waals surface area contributed by atoms with Crippen LogP contribution in [-0.4, -0.2) is 84.7 Å². The fourth-order valence-electron chi connectivity index (χ4n) is 6.10. The van der Waals surface area contributed by atoms with Gasteiger partial charge in [0.25, 0.3) is 0 Å². The molecule has 3 atom stereocenters. The fourth-order valence-corrected chi connectivity index (χ4v) is 6.10. The molecule has 11 nitrogen and oxygen atoms in total. The van der Waals surface area contributed by atoms with Crippen molar-refractivity contribution in [2.45, 2.75) is 90.0 Å². The molecule has 2 aromatic carbocycles. The van der Waals surface area contributed by atoms with Gasteiger partial charge in [-0.25, -0.2) is 9.59 Å². The molecule has 0 spiro atoms. The number of hydrogen-bond donors (Lipinski definition) is 3. The Morgan fingerprint density at radius 1 is 0.851 bits per heavy atom. The first kappa shape index (κ1) is 35.7. The van der Waals surface area contributed by atoms with E-state index in [0.29, 0.717) is 18.8 Å². The van der Waals surface area contributed by atoms with Gasteiger partial charge in [-0.05, 0) is 69.8 Å². The van der Waals surface area contributed by atoms with Crippen molar-refractivity contribution < 1.29 is 28.7 Å². The maximum absolute atomic E-state index is 13.7. The van der Waals surface area contributed by atoms with Gasteiger partial charge in [0.1, 0.15) is 24.3 Å². The summed E-state index contributed by atoms with van der Waals surface area (Å²) < 4.78 is 10.9. The highest BCUT2D eigenvalue weighted by atomic mass is 16.6. The smallest absolute Gasteiger partial charge is 0.408 e. The minimum absolute atomic E-state index is 0.00703. The molecule has 1 saturated heterocycles. The summed E-state index contributed by atoms with van der Waals surface area (Å²) in [6, 6.07) is 15.1. The van der Waals surface area contributed by atoms with Crippen molar-refractivity contribution in [2.24, 2.45) is 5.92 Å². The standard InChI is InChI=1S/C36H51N5O6/c1-25(30(38-35(45)47-36(2,3)4)33(43)41-22-20-40(5)21-23-41)27-16-18-29(19-17-27)37-32(42)31(28-14-10-7-11-15-28)39-34(44)46-24-26-12-8-6-9-13-26/h6,8-9,12-13,16-19,25,28,30-31H,7,10-11,14-15,20-24H2,1-5H3,(H,37,42)(H,38,45)(H,39,44)/t25-,30+,31-/m0/s1. The molecular formula is C36H51N5O6. The largest absolute Gasteiger partial charge is 0.445 e. The van der Waals surface area contributed by atoms with Crippen LogP contribution in [-0.2, 0) is 25.7 Å². The molecule has 1 aliphatic carbocycles. The summed E-state index contributed by atoms with van der Waals surface area (Å²) in [6.07, 6.45) is 3.55. The summed E-state index contributed by atoms with van der Waals surface area (Å²) in [7, 11) is 2.02. The predicted molar refractivity (Wildman–Crippen MR) is 181 cm³/mol. The Morgan fingerprint density at radius 2 is 1.49 bits per heavy atom. The van der Waals surface area contributed by atoms with Gasteiger partial charge in [-0.15, -0.1) is 0 Å². The van der Waals surface area contributed by atoms with Crippen molar-refractivity contribution in [3.8, 4) is 0 Å². The molecular weight excluding hydrogens is 598 g/mol. The molecule has 4 amide bonds. The van der Waals surface area contributed by atoms with E-state index in [9.17, 15) is 19.2 Å². The number of hydrogen-bond acceptors (Lipinski definition) is 7. The first-order valence-corrected chi connectivity index (χ1v) is 16.7. The van der Waals surface area contributed by atoms with Gasteiger partial charge in [0, 0.05) is 37.8 Å². The summed E-state index contributed by atoms with van der Waals surface area (Å²) in [5.74, 6) is -0.832. The third kappa shape index (κ3) is 11.0. The van der Waals surface area contributed by atoms with Crippen LogP contribution in [0.15, 0.2) is 54.6 Å². The summed E-state index contributed by atoms with van der Waals surface area (Å²) in [5, 5.41) is 8.63. The molecule has 2 fully saturated rings. The van der Waals surface area contributed by atoms with Crippen LogP contribution in [0.1, 0.15) is 76.8 Å². The van der Waals surface area contributed by atoms with Crippen LogP contribution in [0.4, 0.5) is 15.3 Å². The SMILES string of the molecule is C[C@@H](c1ccc(NC(=O)[C@@H](NC(=O)OCc2ccccc2)C2CCCCC2)cc1)[C@@H](NC(=O)OC(C)(C)C)C(=O)N1CCN(C)CC1. The van der Waals surface area contributed by atoms with Crippen molar-refractivity contribution in [3.05, 3.63) is 65.7 Å². The lowest BCUT2D eigenvalue weighted by molar-refractivity contribution is -0.135. The van der Waals surface area contributed by atoms with Crippen LogP contribution in [0, 0.1) is 5.92 Å². The minimum Gasteiger partial charge on any atom is -0.445 e. The van der Waals surface area contributed by atoms with Gasteiger partial charge in [-0.3, -0.25) is 9.59 Å². The number of ether oxygens (including phenoxy) is 2. The average molecular weight is 650 g/mol. The van der Waals surface area contributed by atoms with Crippen LogP contribution >= 0.6 is 0 Å². The molecule has 2 aromatic rings. The lowest BCUT2D eigenvalue weighted by Crippen LogP contribution is -2.56. The Hall–Kier alpha value is -4.12. The number of benzene rings is 2. The van der Waals surface area contributed by atoms with Crippen LogP contribution in [0.5, 0.6) is 0 Å². The number of carbonyl (C=O) groups is 4. The number of nitrogens with one attached hydrogen (secondary N) is 3. The number of amides is 4. The summed E-state index contributed by atoms with van der Waals surface area (Å²) >= 11 is 0. The summed E-state index contributed by atoms with van der Waals surface area (Å²) in [4.78, 5) is 56.8. The van der Waals surface area contributed by atoms with Gasteiger partial charge in [0.15, 0.2) is 0 Å². The lowest BCUT2D eigenvalue weighted by Gasteiger charge is -2.36. The van der Waals surface area contributed by atoms with E-state index in [1.54, 1.807) is 37.8 Å². The van der Waals surface area contributed by atoms with Gasteiger partial charge < -0.3 is 35.2 Å². The highest BCUT2D eigenvalue weighted by Crippen LogP contribution is 2.28. The second-order valence-corrected chi connectivity index (χ2v) is 13.7.